The third-order valence-corrected chi connectivity index (χ3v) is 3.25. The van der Waals surface area contributed by atoms with Gasteiger partial charge in [-0.2, -0.15) is 0 Å². The van der Waals surface area contributed by atoms with Crippen molar-refractivity contribution in [3.05, 3.63) is 45.1 Å². The Hall–Kier alpha value is -1.88. The van der Waals surface area contributed by atoms with E-state index in [0.29, 0.717) is 29.1 Å². The molecule has 0 bridgehead atoms. The number of nitro benzene ring substituents is 1. The molecule has 1 aliphatic carbocycles. The largest absolute Gasteiger partial charge is 0.356 e. The highest BCUT2D eigenvalue weighted by atomic mass is 35.5. The molecule has 1 aromatic rings. The maximum Gasteiger partial charge on any atom is 0.294 e. The lowest BCUT2D eigenvalue weighted by molar-refractivity contribution is -0.383. The minimum Gasteiger partial charge on any atom is -0.356 e. The topological polar surface area (TPSA) is 72.2 Å². The molecule has 0 saturated heterocycles. The van der Waals surface area contributed by atoms with Crippen LogP contribution in [-0.2, 0) is 4.79 Å². The summed E-state index contributed by atoms with van der Waals surface area (Å²) in [5.41, 5.74) is 0.920. The number of halogens is 1. The van der Waals surface area contributed by atoms with Gasteiger partial charge in [0.05, 0.1) is 4.92 Å². The molecule has 5 nitrogen and oxygen atoms in total. The lowest BCUT2D eigenvalue weighted by Gasteiger charge is -2.12. The third-order valence-electron chi connectivity index (χ3n) is 3.02. The molecular formula is C13H13ClN2O3. The van der Waals surface area contributed by atoms with Crippen molar-refractivity contribution in [2.24, 2.45) is 0 Å². The Labute approximate surface area is 115 Å². The van der Waals surface area contributed by atoms with Crippen molar-refractivity contribution in [2.75, 3.05) is 5.32 Å². The second kappa shape index (κ2) is 5.84. The minimum atomic E-state index is -0.505. The second-order valence-corrected chi connectivity index (χ2v) is 4.80. The molecule has 1 fully saturated rings. The highest BCUT2D eigenvalue weighted by molar-refractivity contribution is 6.30. The fraction of sp³-hybridized carbons (Fsp3) is 0.308. The fourth-order valence-electron chi connectivity index (χ4n) is 2.00. The van der Waals surface area contributed by atoms with Crippen molar-refractivity contribution in [2.45, 2.75) is 25.7 Å². The van der Waals surface area contributed by atoms with E-state index in [1.807, 2.05) is 0 Å². The average molecular weight is 281 g/mol. The summed E-state index contributed by atoms with van der Waals surface area (Å²) in [4.78, 5) is 22.0. The fourth-order valence-corrected chi connectivity index (χ4v) is 2.16. The molecule has 0 amide bonds. The molecule has 19 heavy (non-hydrogen) atoms. The lowest BCUT2D eigenvalue weighted by Crippen LogP contribution is -2.10. The van der Waals surface area contributed by atoms with Crippen LogP contribution >= 0.6 is 11.6 Å². The summed E-state index contributed by atoms with van der Waals surface area (Å²) in [7, 11) is 0. The smallest absolute Gasteiger partial charge is 0.294 e. The maximum absolute atomic E-state index is 11.6. The van der Waals surface area contributed by atoms with Crippen molar-refractivity contribution in [1.82, 2.24) is 0 Å². The molecule has 0 heterocycles. The first-order chi connectivity index (χ1) is 9.08. The third kappa shape index (κ3) is 3.32. The number of carbonyl (C=O) groups is 1. The monoisotopic (exact) mass is 280 g/mol. The Balaban J connectivity index is 2.21. The summed E-state index contributed by atoms with van der Waals surface area (Å²) >= 11 is 5.73. The Kier molecular flexibility index (Phi) is 4.16. The lowest BCUT2D eigenvalue weighted by atomic mass is 9.94. The van der Waals surface area contributed by atoms with Gasteiger partial charge in [0.25, 0.3) is 5.69 Å². The van der Waals surface area contributed by atoms with Crippen LogP contribution in [-0.4, -0.2) is 10.7 Å². The Morgan fingerprint density at radius 2 is 2.05 bits per heavy atom. The van der Waals surface area contributed by atoms with Gasteiger partial charge in [-0.25, -0.2) is 0 Å². The highest BCUT2D eigenvalue weighted by Gasteiger charge is 2.16. The number of hydrogen-bond donors (Lipinski definition) is 1. The van der Waals surface area contributed by atoms with Gasteiger partial charge in [-0.05, 0) is 31.4 Å². The van der Waals surface area contributed by atoms with Crippen LogP contribution in [0.15, 0.2) is 30.0 Å². The molecule has 1 N–H and O–H groups in total. The zero-order valence-corrected chi connectivity index (χ0v) is 10.9. The molecule has 0 atom stereocenters. The molecule has 1 aliphatic rings. The van der Waals surface area contributed by atoms with Gasteiger partial charge in [0, 0.05) is 29.3 Å². The molecule has 2 rings (SSSR count). The predicted molar refractivity (Wildman–Crippen MR) is 73.3 cm³/mol. The number of benzene rings is 1. The van der Waals surface area contributed by atoms with Gasteiger partial charge in [-0.15, -0.1) is 0 Å². The van der Waals surface area contributed by atoms with E-state index < -0.39 is 4.92 Å². The molecule has 100 valence electrons. The van der Waals surface area contributed by atoms with Gasteiger partial charge in [-0.3, -0.25) is 14.9 Å². The van der Waals surface area contributed by atoms with Gasteiger partial charge in [0.1, 0.15) is 5.69 Å². The summed E-state index contributed by atoms with van der Waals surface area (Å²) in [6.45, 7) is 0. The summed E-state index contributed by atoms with van der Waals surface area (Å²) in [6.07, 6.45) is 4.72. The van der Waals surface area contributed by atoms with Crippen LogP contribution in [0, 0.1) is 10.1 Å². The first kappa shape index (κ1) is 13.5. The van der Waals surface area contributed by atoms with Gasteiger partial charge in [0.2, 0.25) is 0 Å². The number of Topliss-reactive ketones (excluding diaryl/α,β-unsaturated/α-hetero) is 1. The van der Waals surface area contributed by atoms with E-state index in [1.54, 1.807) is 12.3 Å². The van der Waals surface area contributed by atoms with Gasteiger partial charge < -0.3 is 5.32 Å². The van der Waals surface area contributed by atoms with Crippen LogP contribution in [0.2, 0.25) is 5.02 Å². The number of allylic oxidation sites excluding steroid dienone is 1. The molecule has 6 heteroatoms. The van der Waals surface area contributed by atoms with E-state index >= 15 is 0 Å². The van der Waals surface area contributed by atoms with E-state index in [0.717, 1.165) is 12.8 Å². The molecule has 0 aliphatic heterocycles. The van der Waals surface area contributed by atoms with Gasteiger partial charge in [-0.1, -0.05) is 11.6 Å². The maximum atomic E-state index is 11.6. The number of ketones is 1. The van der Waals surface area contributed by atoms with Crippen molar-refractivity contribution < 1.29 is 9.72 Å². The minimum absolute atomic E-state index is 0.104. The van der Waals surface area contributed by atoms with Crippen molar-refractivity contribution in [3.63, 3.8) is 0 Å². The van der Waals surface area contributed by atoms with E-state index in [9.17, 15) is 14.9 Å². The van der Waals surface area contributed by atoms with Crippen LogP contribution in [0.4, 0.5) is 11.4 Å². The molecule has 1 aromatic carbocycles. The number of rotatable bonds is 3. The Morgan fingerprint density at radius 3 is 2.74 bits per heavy atom. The van der Waals surface area contributed by atoms with E-state index in [-0.39, 0.29) is 11.5 Å². The van der Waals surface area contributed by atoms with Crippen LogP contribution in [0.3, 0.4) is 0 Å². The standard InChI is InChI=1S/C13H13ClN2O3/c14-10-5-6-11(12(7-10)16(18)19)15-8-9-3-1-2-4-13(9)17/h5-8,15H,1-4H2. The second-order valence-electron chi connectivity index (χ2n) is 4.36. The molecule has 1 saturated carbocycles. The van der Waals surface area contributed by atoms with E-state index in [4.69, 9.17) is 11.6 Å². The average Bonchev–Trinajstić information content (AvgIpc) is 2.38. The van der Waals surface area contributed by atoms with Crippen LogP contribution in [0.25, 0.3) is 0 Å². The normalized spacial score (nSPS) is 17.5. The first-order valence-corrected chi connectivity index (χ1v) is 6.38. The Bertz CT molecular complexity index is 555. The molecular weight excluding hydrogens is 268 g/mol. The van der Waals surface area contributed by atoms with Crippen LogP contribution in [0.1, 0.15) is 25.7 Å². The predicted octanol–water partition coefficient (Wildman–Crippen LogP) is 3.69. The molecule has 0 aromatic heterocycles. The SMILES string of the molecule is O=C1CCCCC1=CNc1ccc(Cl)cc1[N+](=O)[O-]. The summed E-state index contributed by atoms with van der Waals surface area (Å²) in [5.74, 6) is 0.107. The summed E-state index contributed by atoms with van der Waals surface area (Å²) < 4.78 is 0. The number of nitrogens with one attached hydrogen (secondary N) is 1. The highest BCUT2D eigenvalue weighted by Crippen LogP contribution is 2.28. The van der Waals surface area contributed by atoms with Crippen molar-refractivity contribution >= 4 is 28.8 Å². The Morgan fingerprint density at radius 1 is 1.32 bits per heavy atom. The molecule has 0 unspecified atom stereocenters. The summed E-state index contributed by atoms with van der Waals surface area (Å²) in [6, 6.07) is 4.38. The first-order valence-electron chi connectivity index (χ1n) is 6.00. The number of hydrogen-bond acceptors (Lipinski definition) is 4. The zero-order chi connectivity index (χ0) is 13.8. The van der Waals surface area contributed by atoms with Gasteiger partial charge >= 0.3 is 0 Å². The number of nitrogens with zero attached hydrogens (tertiary/aromatic N) is 1. The molecule has 0 radical (unpaired) electrons. The molecule has 0 spiro atoms. The van der Waals surface area contributed by atoms with Crippen molar-refractivity contribution in [3.8, 4) is 0 Å². The van der Waals surface area contributed by atoms with Crippen LogP contribution < -0.4 is 5.32 Å². The number of anilines is 1. The van der Waals surface area contributed by atoms with E-state index in [1.165, 1.54) is 12.1 Å². The van der Waals surface area contributed by atoms with Gasteiger partial charge in [0.15, 0.2) is 5.78 Å². The van der Waals surface area contributed by atoms with Crippen LogP contribution in [0.5, 0.6) is 0 Å². The zero-order valence-electron chi connectivity index (χ0n) is 10.2. The number of carbonyl (C=O) groups excluding carboxylic acids is 1. The van der Waals surface area contributed by atoms with Crippen molar-refractivity contribution in [1.29, 1.82) is 0 Å². The number of nitro groups is 1. The quantitative estimate of drug-likeness (QED) is 0.521. The summed E-state index contributed by atoms with van der Waals surface area (Å²) in [5, 5.41) is 14.1. The van der Waals surface area contributed by atoms with E-state index in [2.05, 4.69) is 5.32 Å².